The lowest BCUT2D eigenvalue weighted by Crippen LogP contribution is -2.51. The molecule has 3 heterocycles. The first-order valence-electron chi connectivity index (χ1n) is 14.3. The van der Waals surface area contributed by atoms with Gasteiger partial charge in [0.2, 0.25) is 5.91 Å². The molecule has 43 heavy (non-hydrogen) atoms. The average Bonchev–Trinajstić information content (AvgIpc) is 3.60. The minimum Gasteiger partial charge on any atom is -0.455 e. The smallest absolute Gasteiger partial charge is 0.407 e. The molecule has 0 saturated carbocycles. The first kappa shape index (κ1) is 30.9. The molecule has 12 heteroatoms. The summed E-state index contributed by atoms with van der Waals surface area (Å²) in [6, 6.07) is 17.3. The van der Waals surface area contributed by atoms with Gasteiger partial charge < -0.3 is 43.8 Å². The highest BCUT2D eigenvalue weighted by molar-refractivity contribution is 5.87. The fourth-order valence-electron chi connectivity index (χ4n) is 5.25. The molecule has 0 bridgehead atoms. The minimum absolute atomic E-state index is 0.0551. The highest BCUT2D eigenvalue weighted by Gasteiger charge is 2.60. The van der Waals surface area contributed by atoms with E-state index in [0.29, 0.717) is 0 Å². The maximum Gasteiger partial charge on any atom is 0.407 e. The molecule has 5 rings (SSSR count). The Kier molecular flexibility index (Phi) is 9.33. The Morgan fingerprint density at radius 3 is 2.21 bits per heavy atom. The highest BCUT2D eigenvalue weighted by Crippen LogP contribution is 2.42. The van der Waals surface area contributed by atoms with Gasteiger partial charge >= 0.3 is 12.1 Å². The summed E-state index contributed by atoms with van der Waals surface area (Å²) in [5.74, 6) is -3.08. The Labute approximate surface area is 250 Å². The van der Waals surface area contributed by atoms with Crippen molar-refractivity contribution in [3.63, 3.8) is 0 Å². The molecule has 12 nitrogen and oxygen atoms in total. The largest absolute Gasteiger partial charge is 0.455 e. The van der Waals surface area contributed by atoms with Gasteiger partial charge in [0.05, 0.1) is 6.61 Å². The van der Waals surface area contributed by atoms with E-state index in [4.69, 9.17) is 33.2 Å². The third-order valence-corrected chi connectivity index (χ3v) is 7.18. The van der Waals surface area contributed by atoms with Crippen molar-refractivity contribution in [1.82, 2.24) is 10.6 Å². The third kappa shape index (κ3) is 8.09. The third-order valence-electron chi connectivity index (χ3n) is 7.18. The van der Waals surface area contributed by atoms with Gasteiger partial charge in [-0.1, -0.05) is 60.7 Å². The number of amides is 2. The number of hydrogen-bond donors (Lipinski definition) is 2. The number of carbonyl (C=O) groups is 3. The van der Waals surface area contributed by atoms with Crippen molar-refractivity contribution in [2.45, 2.75) is 89.0 Å². The van der Waals surface area contributed by atoms with Crippen molar-refractivity contribution in [3.05, 3.63) is 71.8 Å². The first-order chi connectivity index (χ1) is 20.5. The van der Waals surface area contributed by atoms with Crippen molar-refractivity contribution < 1.29 is 47.5 Å². The number of benzene rings is 2. The minimum atomic E-state index is -1.08. The van der Waals surface area contributed by atoms with Crippen LogP contribution in [0, 0.1) is 0 Å². The van der Waals surface area contributed by atoms with E-state index in [1.165, 1.54) is 0 Å². The molecule has 2 N–H and O–H groups in total. The van der Waals surface area contributed by atoms with E-state index in [9.17, 15) is 14.4 Å². The van der Waals surface area contributed by atoms with Crippen molar-refractivity contribution in [2.24, 2.45) is 0 Å². The predicted octanol–water partition coefficient (Wildman–Crippen LogP) is 2.58. The number of nitrogens with one attached hydrogen (secondary N) is 2. The fraction of sp³-hybridized carbons (Fsp3) is 0.516. The Bertz CT molecular complexity index is 1270. The summed E-state index contributed by atoms with van der Waals surface area (Å²) in [6.45, 7) is 6.95. The van der Waals surface area contributed by atoms with E-state index in [1.54, 1.807) is 27.7 Å². The van der Waals surface area contributed by atoms with E-state index < -0.39 is 72.8 Å². The molecule has 3 saturated heterocycles. The van der Waals surface area contributed by atoms with Gasteiger partial charge in [0.25, 0.3) is 0 Å². The molecule has 232 valence electrons. The van der Waals surface area contributed by atoms with Gasteiger partial charge in [0.1, 0.15) is 31.4 Å². The zero-order valence-corrected chi connectivity index (χ0v) is 24.6. The number of carbonyl (C=O) groups excluding carboxylic acids is 3. The van der Waals surface area contributed by atoms with E-state index in [-0.39, 0.29) is 19.6 Å². The fourth-order valence-corrected chi connectivity index (χ4v) is 5.25. The first-order valence-corrected chi connectivity index (χ1v) is 14.3. The van der Waals surface area contributed by atoms with Gasteiger partial charge in [-0.15, -0.1) is 0 Å². The van der Waals surface area contributed by atoms with Crippen LogP contribution < -0.4 is 10.6 Å². The second kappa shape index (κ2) is 13.0. The average molecular weight is 599 g/mol. The van der Waals surface area contributed by atoms with Crippen LogP contribution in [0.3, 0.4) is 0 Å². The monoisotopic (exact) mass is 598 g/mol. The summed E-state index contributed by atoms with van der Waals surface area (Å²) in [6.07, 6.45) is -4.28. The molecule has 0 unspecified atom stereocenters. The van der Waals surface area contributed by atoms with Gasteiger partial charge in [-0.2, -0.15) is 0 Å². The molecule has 0 radical (unpaired) electrons. The van der Waals surface area contributed by atoms with Crippen LogP contribution in [0.1, 0.15) is 38.8 Å². The van der Waals surface area contributed by atoms with Crippen LogP contribution in [-0.4, -0.2) is 79.4 Å². The van der Waals surface area contributed by atoms with Gasteiger partial charge in [0.15, 0.2) is 30.1 Å². The molecule has 6 atom stereocenters. The quantitative estimate of drug-likeness (QED) is 0.392. The molecule has 3 aliphatic rings. The molecule has 2 aromatic rings. The van der Waals surface area contributed by atoms with Crippen LogP contribution in [0.2, 0.25) is 0 Å². The topological polar surface area (TPSA) is 140 Å². The second-order valence-electron chi connectivity index (χ2n) is 11.6. The van der Waals surface area contributed by atoms with Crippen LogP contribution in [0.25, 0.3) is 0 Å². The van der Waals surface area contributed by atoms with Gasteiger partial charge in [-0.05, 0) is 38.8 Å². The van der Waals surface area contributed by atoms with Crippen LogP contribution in [0.15, 0.2) is 60.7 Å². The van der Waals surface area contributed by atoms with Crippen molar-refractivity contribution in [2.75, 3.05) is 13.2 Å². The summed E-state index contributed by atoms with van der Waals surface area (Å²) < 4.78 is 41.0. The number of alkyl carbamates (subject to hydrolysis) is 1. The lowest BCUT2D eigenvalue weighted by molar-refractivity contribution is -0.235. The predicted molar refractivity (Wildman–Crippen MR) is 150 cm³/mol. The number of esters is 1. The highest BCUT2D eigenvalue weighted by atomic mass is 16.8. The molecule has 3 fully saturated rings. The number of fused-ring (bicyclic) bond motifs is 1. The maximum absolute atomic E-state index is 13.7. The number of hydrogen-bond acceptors (Lipinski definition) is 10. The summed E-state index contributed by atoms with van der Waals surface area (Å²) in [7, 11) is 0. The van der Waals surface area contributed by atoms with E-state index in [2.05, 4.69) is 10.6 Å². The molecule has 2 aromatic carbocycles. The maximum atomic E-state index is 13.7. The summed E-state index contributed by atoms with van der Waals surface area (Å²) in [4.78, 5) is 38.7. The lowest BCUT2D eigenvalue weighted by atomic mass is 10.0. The van der Waals surface area contributed by atoms with Crippen LogP contribution in [0.5, 0.6) is 0 Å². The van der Waals surface area contributed by atoms with Gasteiger partial charge in [-0.3, -0.25) is 4.79 Å². The van der Waals surface area contributed by atoms with E-state index in [1.807, 2.05) is 60.7 Å². The molecular formula is C31H38N2O10. The summed E-state index contributed by atoms with van der Waals surface area (Å²) in [5, 5.41) is 5.10. The van der Waals surface area contributed by atoms with Crippen LogP contribution in [0.4, 0.5) is 4.79 Å². The van der Waals surface area contributed by atoms with Crippen molar-refractivity contribution in [1.29, 1.82) is 0 Å². The van der Waals surface area contributed by atoms with Crippen molar-refractivity contribution >= 4 is 18.0 Å². The Morgan fingerprint density at radius 1 is 0.884 bits per heavy atom. The molecular weight excluding hydrogens is 560 g/mol. The Hall–Kier alpha value is -3.55. The molecule has 2 amide bonds. The molecule has 3 aliphatic heterocycles. The lowest BCUT2D eigenvalue weighted by Gasteiger charge is -2.30. The molecule has 0 aliphatic carbocycles. The van der Waals surface area contributed by atoms with Crippen molar-refractivity contribution in [3.8, 4) is 0 Å². The standard InChI is InChI=1S/C31H38N2O10/c1-30(2)38-18-22(41-30)24-25(26-28(40-24)43-31(3,4)42-26)39-27(35)21(15-19-11-7-5-8-12-19)33-23(34)16-32-29(36)37-17-20-13-9-6-10-14-20/h5-14,21-22,24-26,28H,15-18H2,1-4H3,(H,32,36)(H,33,34)/t21-,22-,24-,25+,26+,28-/m0/s1. The number of rotatable bonds is 10. The Balaban J connectivity index is 1.24. The van der Waals surface area contributed by atoms with Gasteiger partial charge in [0, 0.05) is 6.42 Å². The normalized spacial score (nSPS) is 27.6. The van der Waals surface area contributed by atoms with Crippen LogP contribution >= 0.6 is 0 Å². The van der Waals surface area contributed by atoms with Gasteiger partial charge in [-0.25, -0.2) is 9.59 Å². The number of ether oxygens (including phenoxy) is 7. The zero-order chi connectivity index (χ0) is 30.6. The summed E-state index contributed by atoms with van der Waals surface area (Å²) in [5.41, 5.74) is 1.61. The second-order valence-corrected chi connectivity index (χ2v) is 11.6. The van der Waals surface area contributed by atoms with E-state index >= 15 is 0 Å². The van der Waals surface area contributed by atoms with Crippen LogP contribution in [-0.2, 0) is 55.8 Å². The molecule has 0 spiro atoms. The van der Waals surface area contributed by atoms with E-state index in [0.717, 1.165) is 11.1 Å². The molecule has 0 aromatic heterocycles. The summed E-state index contributed by atoms with van der Waals surface area (Å²) >= 11 is 0. The SMILES string of the molecule is CC1(C)O[C@@H]2O[C@@H]([C@@H]3COC(C)(C)O3)[C@@H](OC(=O)[C@H](Cc3ccccc3)NC(=O)CNC(=O)OCc3ccccc3)[C@H]2O1. The Morgan fingerprint density at radius 2 is 1.56 bits per heavy atom. The zero-order valence-electron chi connectivity index (χ0n) is 24.6.